The van der Waals surface area contributed by atoms with Gasteiger partial charge in [0, 0.05) is 11.6 Å². The Balaban J connectivity index is 1.74. The van der Waals surface area contributed by atoms with Gasteiger partial charge < -0.3 is 19.5 Å². The maximum Gasteiger partial charge on any atom is 0.251 e. The van der Waals surface area contributed by atoms with Crippen molar-refractivity contribution in [2.45, 2.75) is 38.6 Å². The van der Waals surface area contributed by atoms with Crippen molar-refractivity contribution < 1.29 is 19.0 Å². The first kappa shape index (κ1) is 16.9. The van der Waals surface area contributed by atoms with Gasteiger partial charge in [-0.3, -0.25) is 4.79 Å². The number of methoxy groups -OCH3 is 3. The van der Waals surface area contributed by atoms with Gasteiger partial charge in [0.05, 0.1) is 21.3 Å². The third-order valence-corrected chi connectivity index (χ3v) is 5.72. The van der Waals surface area contributed by atoms with E-state index in [0.29, 0.717) is 28.7 Å². The first-order chi connectivity index (χ1) is 11.6. The summed E-state index contributed by atoms with van der Waals surface area (Å²) >= 11 is 0. The molecule has 4 atom stereocenters. The lowest BCUT2D eigenvalue weighted by Crippen LogP contribution is -2.40. The summed E-state index contributed by atoms with van der Waals surface area (Å²) in [6.45, 7) is 2.13. The average molecular weight is 333 g/mol. The Bertz CT molecular complexity index is 590. The topological polar surface area (TPSA) is 56.8 Å². The van der Waals surface area contributed by atoms with Crippen LogP contribution in [0.2, 0.25) is 0 Å². The van der Waals surface area contributed by atoms with E-state index in [1.807, 2.05) is 0 Å². The molecule has 2 fully saturated rings. The van der Waals surface area contributed by atoms with E-state index in [1.165, 1.54) is 25.7 Å². The molecule has 2 saturated carbocycles. The zero-order valence-electron chi connectivity index (χ0n) is 14.9. The van der Waals surface area contributed by atoms with E-state index in [1.54, 1.807) is 33.5 Å². The summed E-state index contributed by atoms with van der Waals surface area (Å²) < 4.78 is 16.0. The molecule has 1 amide bonds. The highest BCUT2D eigenvalue weighted by Gasteiger charge is 2.42. The molecule has 0 saturated heterocycles. The number of carbonyl (C=O) groups excluding carboxylic acids is 1. The number of ether oxygens (including phenoxy) is 3. The van der Waals surface area contributed by atoms with Crippen LogP contribution in [-0.4, -0.2) is 33.3 Å². The van der Waals surface area contributed by atoms with Crippen molar-refractivity contribution in [3.8, 4) is 17.2 Å². The van der Waals surface area contributed by atoms with Gasteiger partial charge in [-0.25, -0.2) is 0 Å². The quantitative estimate of drug-likeness (QED) is 0.868. The molecule has 2 aliphatic rings. The third kappa shape index (κ3) is 3.04. The summed E-state index contributed by atoms with van der Waals surface area (Å²) in [5.74, 6) is 3.66. The molecule has 0 radical (unpaired) electrons. The molecule has 1 aromatic rings. The number of rotatable bonds is 6. The molecule has 3 rings (SSSR count). The maximum atomic E-state index is 12.7. The molecule has 2 bridgehead atoms. The van der Waals surface area contributed by atoms with Crippen LogP contribution in [0, 0.1) is 17.8 Å². The molecule has 0 aliphatic heterocycles. The van der Waals surface area contributed by atoms with Crippen molar-refractivity contribution in [1.82, 2.24) is 5.32 Å². The molecule has 2 aliphatic carbocycles. The molecule has 24 heavy (non-hydrogen) atoms. The van der Waals surface area contributed by atoms with Crippen LogP contribution in [0.5, 0.6) is 17.2 Å². The van der Waals surface area contributed by atoms with E-state index in [0.717, 1.165) is 11.8 Å². The molecule has 0 heterocycles. The highest BCUT2D eigenvalue weighted by atomic mass is 16.5. The number of nitrogens with one attached hydrogen (secondary N) is 1. The van der Waals surface area contributed by atoms with Gasteiger partial charge in [0.25, 0.3) is 5.91 Å². The Labute approximate surface area is 143 Å². The molecule has 0 spiro atoms. The highest BCUT2D eigenvalue weighted by molar-refractivity contribution is 5.95. The first-order valence-electron chi connectivity index (χ1n) is 8.68. The Hall–Kier alpha value is -1.91. The number of hydrogen-bond acceptors (Lipinski definition) is 4. The Kier molecular flexibility index (Phi) is 4.88. The largest absolute Gasteiger partial charge is 0.493 e. The number of hydrogen-bond donors (Lipinski definition) is 1. The van der Waals surface area contributed by atoms with Crippen molar-refractivity contribution in [2.24, 2.45) is 17.8 Å². The van der Waals surface area contributed by atoms with E-state index in [2.05, 4.69) is 12.2 Å². The van der Waals surface area contributed by atoms with Gasteiger partial charge in [-0.1, -0.05) is 6.42 Å². The predicted molar refractivity (Wildman–Crippen MR) is 92.0 cm³/mol. The molecule has 5 heteroatoms. The lowest BCUT2D eigenvalue weighted by atomic mass is 9.84. The van der Waals surface area contributed by atoms with Gasteiger partial charge in [0.15, 0.2) is 11.5 Å². The molecule has 1 aromatic carbocycles. The molecule has 5 nitrogen and oxygen atoms in total. The van der Waals surface area contributed by atoms with E-state index < -0.39 is 0 Å². The predicted octanol–water partition coefficient (Wildman–Crippen LogP) is 3.27. The molecular formula is C19H27NO4. The van der Waals surface area contributed by atoms with Crippen molar-refractivity contribution in [1.29, 1.82) is 0 Å². The van der Waals surface area contributed by atoms with Crippen molar-refractivity contribution in [3.05, 3.63) is 17.7 Å². The van der Waals surface area contributed by atoms with E-state index in [9.17, 15) is 4.79 Å². The zero-order chi connectivity index (χ0) is 17.3. The van der Waals surface area contributed by atoms with Crippen LogP contribution in [0.3, 0.4) is 0 Å². The molecule has 0 unspecified atom stereocenters. The summed E-state index contributed by atoms with van der Waals surface area (Å²) in [6, 6.07) is 3.58. The second-order valence-corrected chi connectivity index (χ2v) is 7.01. The Morgan fingerprint density at radius 3 is 2.21 bits per heavy atom. The van der Waals surface area contributed by atoms with Crippen LogP contribution in [0.15, 0.2) is 12.1 Å². The van der Waals surface area contributed by atoms with Crippen LogP contribution in [0.1, 0.15) is 43.0 Å². The number of benzene rings is 1. The fourth-order valence-corrected chi connectivity index (χ4v) is 4.52. The minimum Gasteiger partial charge on any atom is -0.493 e. The Morgan fingerprint density at radius 1 is 1.08 bits per heavy atom. The van der Waals surface area contributed by atoms with Crippen molar-refractivity contribution >= 4 is 5.91 Å². The number of carbonyl (C=O) groups is 1. The van der Waals surface area contributed by atoms with E-state index >= 15 is 0 Å². The van der Waals surface area contributed by atoms with Crippen LogP contribution in [0.4, 0.5) is 0 Å². The summed E-state index contributed by atoms with van der Waals surface area (Å²) in [5, 5.41) is 3.17. The van der Waals surface area contributed by atoms with Gasteiger partial charge >= 0.3 is 0 Å². The van der Waals surface area contributed by atoms with Gasteiger partial charge in [0.1, 0.15) is 0 Å². The summed E-state index contributed by atoms with van der Waals surface area (Å²) in [6.07, 6.45) is 5.28. The van der Waals surface area contributed by atoms with Crippen LogP contribution in [-0.2, 0) is 0 Å². The SMILES string of the molecule is COc1cc(C(=O)N[C@H](C)[C@@H]2C[C@@H]3CC[C@@H]2C3)cc(OC)c1OC. The third-order valence-electron chi connectivity index (χ3n) is 5.72. The van der Waals surface area contributed by atoms with Gasteiger partial charge in [0.2, 0.25) is 5.75 Å². The van der Waals surface area contributed by atoms with Gasteiger partial charge in [-0.2, -0.15) is 0 Å². The van der Waals surface area contributed by atoms with Crippen LogP contribution >= 0.6 is 0 Å². The molecular weight excluding hydrogens is 306 g/mol. The smallest absolute Gasteiger partial charge is 0.251 e. The fourth-order valence-electron chi connectivity index (χ4n) is 4.52. The fraction of sp³-hybridized carbons (Fsp3) is 0.632. The maximum absolute atomic E-state index is 12.7. The first-order valence-corrected chi connectivity index (χ1v) is 8.68. The van der Waals surface area contributed by atoms with Crippen LogP contribution in [0.25, 0.3) is 0 Å². The highest BCUT2D eigenvalue weighted by Crippen LogP contribution is 2.49. The standard InChI is InChI=1S/C19H27NO4/c1-11(15-8-12-5-6-13(15)7-12)20-19(21)14-9-16(22-2)18(24-4)17(10-14)23-3/h9-13,15H,5-8H2,1-4H3,(H,20,21)/t11-,12-,13-,15+/m1/s1. The second-order valence-electron chi connectivity index (χ2n) is 7.01. The van der Waals surface area contributed by atoms with Gasteiger partial charge in [-0.15, -0.1) is 0 Å². The lowest BCUT2D eigenvalue weighted by Gasteiger charge is -2.28. The average Bonchev–Trinajstić information content (AvgIpc) is 3.23. The molecule has 0 aromatic heterocycles. The number of fused-ring (bicyclic) bond motifs is 2. The van der Waals surface area contributed by atoms with Crippen LogP contribution < -0.4 is 19.5 Å². The lowest BCUT2D eigenvalue weighted by molar-refractivity contribution is 0.0914. The summed E-state index contributed by atoms with van der Waals surface area (Å²) in [5.41, 5.74) is 0.527. The van der Waals surface area contributed by atoms with Gasteiger partial charge in [-0.05, 0) is 56.1 Å². The molecule has 132 valence electrons. The van der Waals surface area contributed by atoms with Crippen molar-refractivity contribution in [3.63, 3.8) is 0 Å². The minimum atomic E-state index is -0.0930. The second kappa shape index (κ2) is 6.91. The summed E-state index contributed by atoms with van der Waals surface area (Å²) in [7, 11) is 4.66. The van der Waals surface area contributed by atoms with E-state index in [-0.39, 0.29) is 11.9 Å². The molecule has 1 N–H and O–H groups in total. The number of amides is 1. The van der Waals surface area contributed by atoms with Crippen molar-refractivity contribution in [2.75, 3.05) is 21.3 Å². The Morgan fingerprint density at radius 2 is 1.75 bits per heavy atom. The minimum absolute atomic E-state index is 0.0930. The summed E-state index contributed by atoms with van der Waals surface area (Å²) in [4.78, 5) is 12.7. The monoisotopic (exact) mass is 333 g/mol. The normalized spacial score (nSPS) is 26.1. The zero-order valence-corrected chi connectivity index (χ0v) is 14.9. The van der Waals surface area contributed by atoms with E-state index in [4.69, 9.17) is 14.2 Å².